The average molecular weight is 933 g/mol. The summed E-state index contributed by atoms with van der Waals surface area (Å²) < 4.78 is 40.3. The fourth-order valence-electron chi connectivity index (χ4n) is 7.43. The number of alkyl halides is 3. The first-order valence-corrected chi connectivity index (χ1v) is 22.2. The molecule has 54 heavy (non-hydrogen) atoms. The Morgan fingerprint density at radius 3 is 2.06 bits per heavy atom. The van der Waals surface area contributed by atoms with Crippen molar-refractivity contribution >= 4 is 41.1 Å². The Labute approximate surface area is 336 Å². The minimum Gasteiger partial charge on any atom is -0.512 e. The van der Waals surface area contributed by atoms with E-state index >= 15 is 0 Å². The van der Waals surface area contributed by atoms with E-state index in [4.69, 9.17) is 4.98 Å². The van der Waals surface area contributed by atoms with Gasteiger partial charge in [-0.05, 0) is 66.0 Å². The third-order valence-corrected chi connectivity index (χ3v) is 14.6. The minimum absolute atomic E-state index is 0. The normalized spacial score (nSPS) is 14.1. The van der Waals surface area contributed by atoms with Crippen LogP contribution in [-0.4, -0.2) is 30.1 Å². The predicted molar refractivity (Wildman–Crippen MR) is 219 cm³/mol. The van der Waals surface area contributed by atoms with Crippen molar-refractivity contribution in [1.82, 2.24) is 4.98 Å². The Balaban J connectivity index is 0.000000418. The number of aromatic nitrogens is 1. The van der Waals surface area contributed by atoms with Crippen LogP contribution in [0.1, 0.15) is 109 Å². The molecule has 8 heteroatoms. The molecule has 0 spiro atoms. The van der Waals surface area contributed by atoms with E-state index in [9.17, 15) is 23.1 Å². The van der Waals surface area contributed by atoms with E-state index in [0.29, 0.717) is 11.5 Å². The number of halogens is 3. The van der Waals surface area contributed by atoms with E-state index in [-0.39, 0.29) is 49.9 Å². The zero-order chi connectivity index (χ0) is 39.3. The Kier molecular flexibility index (Phi) is 15.5. The van der Waals surface area contributed by atoms with E-state index in [1.165, 1.54) is 46.8 Å². The standard InChI is InChI=1S/C33H33F3NSi.C13H24O2.Ir/c1-21(2)28-18-26(17-24-9-7-8-10-27(24)28)30-31-25(15-16-37-30)19-29(38(31,5)6)23-13-11-22(12-14-23)20-32(3,4)33(34,35)36;1-5-10(6-2)12(14)9-13(15)11(7-3)8-4;/h7-16,18-19,21H,20H2,1-6H3;9-11,14H,5-8H2,1-4H3;/q-1;;/b;12-9-;. The monoisotopic (exact) mass is 933 g/mol. The van der Waals surface area contributed by atoms with Gasteiger partial charge in [-0.15, -0.1) is 29.1 Å². The molecule has 1 N–H and O–H groups in total. The number of aliphatic hydroxyl groups is 1. The first-order chi connectivity index (χ1) is 24.9. The molecule has 3 aromatic carbocycles. The van der Waals surface area contributed by atoms with Gasteiger partial charge in [0.2, 0.25) is 0 Å². The maximum atomic E-state index is 13.4. The van der Waals surface area contributed by atoms with Crippen LogP contribution in [0.4, 0.5) is 13.2 Å². The van der Waals surface area contributed by atoms with Crippen LogP contribution >= 0.6 is 0 Å². The maximum Gasteiger partial charge on any atom is 0.394 e. The molecule has 0 amide bonds. The second-order valence-electron chi connectivity index (χ2n) is 15.9. The molecule has 2 heterocycles. The summed E-state index contributed by atoms with van der Waals surface area (Å²) in [4.78, 5) is 16.6. The number of carbonyl (C=O) groups is 1. The van der Waals surface area contributed by atoms with Crippen LogP contribution in [0.2, 0.25) is 13.1 Å². The summed E-state index contributed by atoms with van der Waals surface area (Å²) in [5, 5.41) is 14.6. The van der Waals surface area contributed by atoms with Gasteiger partial charge in [-0.25, -0.2) is 0 Å². The number of allylic oxidation sites excluding steroid dienone is 2. The van der Waals surface area contributed by atoms with Crippen molar-refractivity contribution in [2.75, 3.05) is 0 Å². The van der Waals surface area contributed by atoms with E-state index in [0.717, 1.165) is 47.9 Å². The zero-order valence-corrected chi connectivity index (χ0v) is 36.9. The summed E-state index contributed by atoms with van der Waals surface area (Å²) in [6.45, 7) is 19.7. The number of nitrogens with zero attached hydrogens (tertiary/aromatic N) is 1. The molecule has 0 atom stereocenters. The molecule has 1 aliphatic rings. The molecule has 293 valence electrons. The van der Waals surface area contributed by atoms with Gasteiger partial charge >= 0.3 is 6.18 Å². The first-order valence-electron chi connectivity index (χ1n) is 19.2. The van der Waals surface area contributed by atoms with Crippen molar-refractivity contribution in [1.29, 1.82) is 0 Å². The largest absolute Gasteiger partial charge is 0.512 e. The second-order valence-corrected chi connectivity index (χ2v) is 20.2. The molecule has 0 bridgehead atoms. The molecule has 0 fully saturated rings. The van der Waals surface area contributed by atoms with Crippen molar-refractivity contribution in [2.45, 2.75) is 113 Å². The van der Waals surface area contributed by atoms with Crippen LogP contribution in [0, 0.1) is 23.3 Å². The summed E-state index contributed by atoms with van der Waals surface area (Å²) in [6, 6.07) is 24.0. The van der Waals surface area contributed by atoms with Gasteiger partial charge in [0, 0.05) is 49.9 Å². The molecule has 0 saturated carbocycles. The summed E-state index contributed by atoms with van der Waals surface area (Å²) in [6.07, 6.45) is 4.75. The summed E-state index contributed by atoms with van der Waals surface area (Å²) >= 11 is 0. The number of aliphatic hydroxyl groups excluding tert-OH is 1. The molecule has 3 nitrogen and oxygen atoms in total. The van der Waals surface area contributed by atoms with Crippen molar-refractivity contribution in [3.05, 3.63) is 107 Å². The third-order valence-electron chi connectivity index (χ3n) is 11.0. The number of hydrogen-bond acceptors (Lipinski definition) is 3. The predicted octanol–water partition coefficient (Wildman–Crippen LogP) is 12.8. The molecule has 4 aromatic rings. The van der Waals surface area contributed by atoms with E-state index in [2.05, 4.69) is 69.4 Å². The van der Waals surface area contributed by atoms with Crippen LogP contribution in [0.15, 0.2) is 78.7 Å². The Morgan fingerprint density at radius 2 is 1.50 bits per heavy atom. The summed E-state index contributed by atoms with van der Waals surface area (Å²) in [7, 11) is -2.17. The van der Waals surface area contributed by atoms with Crippen LogP contribution in [0.3, 0.4) is 0 Å². The number of benzene rings is 3. The van der Waals surface area contributed by atoms with Crippen molar-refractivity contribution < 1.29 is 43.2 Å². The van der Waals surface area contributed by atoms with Crippen LogP contribution in [0.5, 0.6) is 0 Å². The number of pyridine rings is 1. The van der Waals surface area contributed by atoms with Crippen molar-refractivity contribution in [3.8, 4) is 11.3 Å². The van der Waals surface area contributed by atoms with Gasteiger partial charge in [0.15, 0.2) is 5.78 Å². The molecular formula is C46H57F3IrNO2Si-. The molecule has 1 radical (unpaired) electrons. The number of ketones is 1. The first kappa shape index (κ1) is 45.1. The van der Waals surface area contributed by atoms with Gasteiger partial charge in [0.05, 0.1) is 11.2 Å². The zero-order valence-electron chi connectivity index (χ0n) is 33.5. The SMILES string of the molecule is CC(C)c1cc(-c2nccc3c2[Si](C)(C)C(c2ccc(CC(C)(C)C(F)(F)F)cc2)=C3)[c-]c2ccccc12.CCC(CC)C(=O)/C=C(\O)C(CC)CC.[Ir]. The average Bonchev–Trinajstić information content (AvgIpc) is 3.38. The molecule has 0 saturated heterocycles. The van der Waals surface area contributed by atoms with Crippen LogP contribution in [0.25, 0.3) is 33.3 Å². The maximum absolute atomic E-state index is 13.4. The molecule has 1 aliphatic heterocycles. The van der Waals surface area contributed by atoms with Gasteiger partial charge in [-0.1, -0.05) is 133 Å². The van der Waals surface area contributed by atoms with E-state index in [1.54, 1.807) is 0 Å². The fraction of sp³-hybridized carbons (Fsp3) is 0.435. The van der Waals surface area contributed by atoms with Gasteiger partial charge < -0.3 is 5.11 Å². The number of carbonyl (C=O) groups excluding carboxylic acids is 1. The van der Waals surface area contributed by atoms with Crippen molar-refractivity contribution in [3.63, 3.8) is 0 Å². The second kappa shape index (κ2) is 18.5. The third kappa shape index (κ3) is 9.91. The van der Waals surface area contributed by atoms with Gasteiger partial charge in [0.1, 0.15) is 8.07 Å². The van der Waals surface area contributed by atoms with Crippen LogP contribution in [-0.2, 0) is 31.3 Å². The Morgan fingerprint density at radius 1 is 0.907 bits per heavy atom. The molecule has 1 aromatic heterocycles. The van der Waals surface area contributed by atoms with Gasteiger partial charge in [-0.2, -0.15) is 13.2 Å². The number of rotatable bonds is 12. The Hall–Kier alpha value is -3.32. The van der Waals surface area contributed by atoms with Crippen molar-refractivity contribution in [2.24, 2.45) is 17.3 Å². The quantitative estimate of drug-likeness (QED) is 0.0666. The van der Waals surface area contributed by atoms with Crippen LogP contribution < -0.4 is 5.19 Å². The smallest absolute Gasteiger partial charge is 0.394 e. The minimum atomic E-state index is -4.24. The topological polar surface area (TPSA) is 50.2 Å². The number of hydrogen-bond donors (Lipinski definition) is 1. The number of fused-ring (bicyclic) bond motifs is 2. The summed E-state index contributed by atoms with van der Waals surface area (Å²) in [5.74, 6) is 0.913. The molecule has 0 aliphatic carbocycles. The molecular weight excluding hydrogens is 876 g/mol. The Bertz CT molecular complexity index is 1950. The molecule has 5 rings (SSSR count). The van der Waals surface area contributed by atoms with E-state index < -0.39 is 19.7 Å². The van der Waals surface area contributed by atoms with Gasteiger partial charge in [0.25, 0.3) is 0 Å². The van der Waals surface area contributed by atoms with E-state index in [1.807, 2.05) is 64.2 Å². The summed E-state index contributed by atoms with van der Waals surface area (Å²) in [5.41, 5.74) is 4.47. The molecule has 0 unspecified atom stereocenters. The fourth-order valence-corrected chi connectivity index (χ4v) is 10.8. The van der Waals surface area contributed by atoms with Gasteiger partial charge in [-0.3, -0.25) is 9.78 Å².